The largest absolute Gasteiger partial charge is 0.304 e. The average molecular weight is 232 g/mol. The maximum Gasteiger partial charge on any atom is 0.0953 e. The van der Waals surface area contributed by atoms with Gasteiger partial charge in [-0.05, 0) is 13.5 Å². The number of hydrogen-bond acceptors (Lipinski definition) is 5. The zero-order valence-corrected chi connectivity index (χ0v) is 10.3. The fourth-order valence-corrected chi connectivity index (χ4v) is 1.68. The summed E-state index contributed by atoms with van der Waals surface area (Å²) in [6, 6.07) is -0.0203. The fraction of sp³-hybridized carbons (Fsp3) is 0.455. The van der Waals surface area contributed by atoms with Gasteiger partial charge in [0.25, 0.3) is 0 Å². The predicted molar refractivity (Wildman–Crippen MR) is 63.3 cm³/mol. The van der Waals surface area contributed by atoms with Gasteiger partial charge < -0.3 is 5.32 Å². The molecule has 0 fully saturated rings. The second-order valence-corrected chi connectivity index (χ2v) is 3.86. The molecule has 2 heterocycles. The van der Waals surface area contributed by atoms with E-state index in [9.17, 15) is 0 Å². The quantitative estimate of drug-likeness (QED) is 0.836. The predicted octanol–water partition coefficient (Wildman–Crippen LogP) is 0.612. The summed E-state index contributed by atoms with van der Waals surface area (Å²) in [6.07, 6.45) is 5.30. The van der Waals surface area contributed by atoms with Gasteiger partial charge in [-0.25, -0.2) is 0 Å². The fourth-order valence-electron chi connectivity index (χ4n) is 1.68. The summed E-state index contributed by atoms with van der Waals surface area (Å²) in [5.41, 5.74) is 2.76. The van der Waals surface area contributed by atoms with Crippen molar-refractivity contribution in [2.24, 2.45) is 7.05 Å². The molecular formula is C11H16N6. The normalized spacial score (nSPS) is 12.6. The lowest BCUT2D eigenvalue weighted by atomic mass is 10.1. The first-order valence-corrected chi connectivity index (χ1v) is 5.59. The van der Waals surface area contributed by atoms with Crippen molar-refractivity contribution in [2.45, 2.75) is 19.9 Å². The Morgan fingerprint density at radius 3 is 2.65 bits per heavy atom. The molecular weight excluding hydrogens is 216 g/mol. The molecule has 0 saturated heterocycles. The second kappa shape index (κ2) is 5.01. The Morgan fingerprint density at radius 2 is 2.12 bits per heavy atom. The van der Waals surface area contributed by atoms with E-state index in [1.807, 2.05) is 14.0 Å². The molecule has 1 unspecified atom stereocenters. The molecule has 0 saturated carbocycles. The highest BCUT2D eigenvalue weighted by atomic mass is 15.4. The summed E-state index contributed by atoms with van der Waals surface area (Å²) < 4.78 is 1.74. The lowest BCUT2D eigenvalue weighted by molar-refractivity contribution is 0.556. The van der Waals surface area contributed by atoms with Gasteiger partial charge in [0.15, 0.2) is 0 Å². The molecule has 2 rings (SSSR count). The van der Waals surface area contributed by atoms with E-state index < -0.39 is 0 Å². The molecule has 1 atom stereocenters. The van der Waals surface area contributed by atoms with Crippen LogP contribution in [0.15, 0.2) is 18.6 Å². The molecule has 0 spiro atoms. The molecule has 0 radical (unpaired) electrons. The van der Waals surface area contributed by atoms with Gasteiger partial charge >= 0.3 is 0 Å². The molecule has 2 aromatic rings. The van der Waals surface area contributed by atoms with Gasteiger partial charge in [0.1, 0.15) is 0 Å². The molecule has 0 aliphatic heterocycles. The van der Waals surface area contributed by atoms with Crippen LogP contribution >= 0.6 is 0 Å². The van der Waals surface area contributed by atoms with Crippen molar-refractivity contribution >= 4 is 0 Å². The van der Waals surface area contributed by atoms with Crippen LogP contribution in [0.5, 0.6) is 0 Å². The minimum atomic E-state index is -0.0203. The molecule has 6 heteroatoms. The third kappa shape index (κ3) is 2.47. The summed E-state index contributed by atoms with van der Waals surface area (Å²) >= 11 is 0. The summed E-state index contributed by atoms with van der Waals surface area (Å²) in [6.45, 7) is 4.81. The third-order valence-corrected chi connectivity index (χ3v) is 2.55. The lowest BCUT2D eigenvalue weighted by Gasteiger charge is -2.16. The topological polar surface area (TPSA) is 68.5 Å². The van der Waals surface area contributed by atoms with Crippen molar-refractivity contribution in [3.8, 4) is 0 Å². The van der Waals surface area contributed by atoms with Crippen molar-refractivity contribution in [1.29, 1.82) is 0 Å². The van der Waals surface area contributed by atoms with Crippen LogP contribution in [0.2, 0.25) is 0 Å². The van der Waals surface area contributed by atoms with Crippen LogP contribution in [-0.4, -0.2) is 31.5 Å². The zero-order chi connectivity index (χ0) is 12.3. The minimum Gasteiger partial charge on any atom is -0.304 e. The molecule has 0 aliphatic rings. The number of aromatic nitrogens is 5. The van der Waals surface area contributed by atoms with Crippen LogP contribution in [0.3, 0.4) is 0 Å². The minimum absolute atomic E-state index is 0.0203. The number of aryl methyl sites for hydroxylation is 2. The van der Waals surface area contributed by atoms with Gasteiger partial charge in [0.05, 0.1) is 35.5 Å². The summed E-state index contributed by atoms with van der Waals surface area (Å²) in [7, 11) is 1.87. The van der Waals surface area contributed by atoms with Crippen LogP contribution in [0, 0.1) is 6.92 Å². The molecule has 1 N–H and O–H groups in total. The molecule has 0 amide bonds. The van der Waals surface area contributed by atoms with Crippen molar-refractivity contribution in [3.05, 3.63) is 35.7 Å². The molecule has 6 nitrogen and oxygen atoms in total. The van der Waals surface area contributed by atoms with Crippen molar-refractivity contribution in [3.63, 3.8) is 0 Å². The van der Waals surface area contributed by atoms with E-state index in [1.54, 1.807) is 23.3 Å². The van der Waals surface area contributed by atoms with E-state index in [2.05, 4.69) is 32.5 Å². The maximum absolute atomic E-state index is 4.40. The Bertz CT molecular complexity index is 475. The Balaban J connectivity index is 2.35. The number of nitrogens with one attached hydrogen (secondary N) is 1. The third-order valence-electron chi connectivity index (χ3n) is 2.55. The van der Waals surface area contributed by atoms with Crippen molar-refractivity contribution in [1.82, 2.24) is 30.3 Å². The van der Waals surface area contributed by atoms with E-state index in [-0.39, 0.29) is 6.04 Å². The summed E-state index contributed by atoms with van der Waals surface area (Å²) in [4.78, 5) is 8.67. The van der Waals surface area contributed by atoms with Crippen molar-refractivity contribution in [2.75, 3.05) is 6.54 Å². The summed E-state index contributed by atoms with van der Waals surface area (Å²) in [5.74, 6) is 0. The molecule has 90 valence electrons. The second-order valence-electron chi connectivity index (χ2n) is 3.86. The van der Waals surface area contributed by atoms with E-state index >= 15 is 0 Å². The highest BCUT2D eigenvalue weighted by Crippen LogP contribution is 2.17. The number of nitrogens with zero attached hydrogens (tertiary/aromatic N) is 5. The van der Waals surface area contributed by atoms with Crippen LogP contribution in [0.25, 0.3) is 0 Å². The van der Waals surface area contributed by atoms with Crippen LogP contribution in [0.4, 0.5) is 0 Å². The van der Waals surface area contributed by atoms with Gasteiger partial charge in [-0.15, -0.1) is 5.10 Å². The smallest absolute Gasteiger partial charge is 0.0953 e. The van der Waals surface area contributed by atoms with Gasteiger partial charge in [-0.3, -0.25) is 14.6 Å². The molecule has 0 aromatic carbocycles. The lowest BCUT2D eigenvalue weighted by Crippen LogP contribution is -2.25. The molecule has 2 aromatic heterocycles. The van der Waals surface area contributed by atoms with E-state index in [0.717, 1.165) is 23.6 Å². The van der Waals surface area contributed by atoms with Crippen LogP contribution < -0.4 is 5.32 Å². The highest BCUT2D eigenvalue weighted by Gasteiger charge is 2.18. The molecule has 0 bridgehead atoms. The van der Waals surface area contributed by atoms with Crippen LogP contribution in [0.1, 0.15) is 30.0 Å². The molecule has 0 aliphatic carbocycles. The standard InChI is InChI=1S/C11H16N6/c1-4-12-11(10-7-15-16-17(10)3)9-6-13-8(2)5-14-9/h5-7,11-12H,4H2,1-3H3. The monoisotopic (exact) mass is 232 g/mol. The van der Waals surface area contributed by atoms with Gasteiger partial charge in [-0.2, -0.15) is 0 Å². The molecule has 17 heavy (non-hydrogen) atoms. The van der Waals surface area contributed by atoms with E-state index in [4.69, 9.17) is 0 Å². The van der Waals surface area contributed by atoms with Gasteiger partial charge in [-0.1, -0.05) is 12.1 Å². The number of rotatable bonds is 4. The average Bonchev–Trinajstić information content (AvgIpc) is 2.74. The van der Waals surface area contributed by atoms with E-state index in [0.29, 0.717) is 0 Å². The maximum atomic E-state index is 4.40. The van der Waals surface area contributed by atoms with Gasteiger partial charge in [0, 0.05) is 13.2 Å². The Morgan fingerprint density at radius 1 is 1.29 bits per heavy atom. The first kappa shape index (κ1) is 11.7. The SMILES string of the molecule is CCNC(c1cnc(C)cn1)c1cnnn1C. The first-order valence-electron chi connectivity index (χ1n) is 5.59. The van der Waals surface area contributed by atoms with Crippen molar-refractivity contribution < 1.29 is 0 Å². The number of hydrogen-bond donors (Lipinski definition) is 1. The van der Waals surface area contributed by atoms with Crippen LogP contribution in [-0.2, 0) is 7.05 Å². The Kier molecular flexibility index (Phi) is 3.43. The highest BCUT2D eigenvalue weighted by molar-refractivity contribution is 5.18. The summed E-state index contributed by atoms with van der Waals surface area (Å²) in [5, 5.41) is 11.2. The van der Waals surface area contributed by atoms with E-state index in [1.165, 1.54) is 0 Å². The Hall–Kier alpha value is -1.82. The van der Waals surface area contributed by atoms with Gasteiger partial charge in [0.2, 0.25) is 0 Å². The first-order chi connectivity index (χ1) is 8.22. The zero-order valence-electron chi connectivity index (χ0n) is 10.3. The Labute approximate surface area is 100 Å².